The van der Waals surface area contributed by atoms with E-state index in [-0.39, 0.29) is 5.92 Å². The molecule has 0 aliphatic heterocycles. The third kappa shape index (κ3) is 5.75. The Labute approximate surface area is 132 Å². The molecule has 1 aromatic rings. The van der Waals surface area contributed by atoms with Gasteiger partial charge in [0, 0.05) is 0 Å². The third-order valence-electron chi connectivity index (χ3n) is 3.45. The van der Waals surface area contributed by atoms with Crippen LogP contribution in [0, 0.1) is 0 Å². The van der Waals surface area contributed by atoms with Crippen molar-refractivity contribution in [3.63, 3.8) is 0 Å². The number of aromatic carboxylic acids is 1. The molecule has 1 N–H and O–H groups in total. The van der Waals surface area contributed by atoms with E-state index in [1.807, 2.05) is 13.8 Å². The van der Waals surface area contributed by atoms with Crippen molar-refractivity contribution >= 4 is 17.3 Å². The van der Waals surface area contributed by atoms with Crippen LogP contribution < -0.4 is 0 Å². The fraction of sp³-hybridized carbons (Fsp3) is 0.750. The molecule has 0 saturated heterocycles. The highest BCUT2D eigenvalue weighted by atomic mass is 32.1. The van der Waals surface area contributed by atoms with Gasteiger partial charge in [0.05, 0.1) is 12.2 Å². The second-order valence-corrected chi connectivity index (χ2v) is 6.85. The number of carboxylic acids is 1. The molecule has 5 heteroatoms. The van der Waals surface area contributed by atoms with Gasteiger partial charge in [0.25, 0.3) is 0 Å². The number of thiazole rings is 1. The Balaban J connectivity index is 2.82. The van der Waals surface area contributed by atoms with Crippen LogP contribution in [0.3, 0.4) is 0 Å². The monoisotopic (exact) mass is 312 g/mol. The minimum Gasteiger partial charge on any atom is -0.477 e. The van der Waals surface area contributed by atoms with Gasteiger partial charge in [0.15, 0.2) is 0 Å². The van der Waals surface area contributed by atoms with Gasteiger partial charge in [-0.2, -0.15) is 0 Å². The normalized spacial score (nSPS) is 11.5. The number of hydrogen-bond acceptors (Lipinski definition) is 4. The number of hydrogen-bond donors (Lipinski definition) is 1. The fourth-order valence-corrected chi connectivity index (χ4v) is 3.31. The highest BCUT2D eigenvalue weighted by Crippen LogP contribution is 2.26. The molecule has 0 unspecified atom stereocenters. The summed E-state index contributed by atoms with van der Waals surface area (Å²) in [5, 5.41) is 10.2. The van der Waals surface area contributed by atoms with E-state index in [0.717, 1.165) is 30.3 Å². The highest BCUT2D eigenvalue weighted by molar-refractivity contribution is 7.13. The van der Waals surface area contributed by atoms with E-state index >= 15 is 0 Å². The van der Waals surface area contributed by atoms with Crippen LogP contribution in [0.2, 0.25) is 0 Å². The Bertz CT molecular complexity index is 435. The van der Waals surface area contributed by atoms with Crippen molar-refractivity contribution in [1.82, 2.24) is 9.88 Å². The van der Waals surface area contributed by atoms with Gasteiger partial charge in [-0.15, -0.1) is 11.3 Å². The molecular weight excluding hydrogens is 284 g/mol. The van der Waals surface area contributed by atoms with Crippen molar-refractivity contribution in [2.75, 3.05) is 13.1 Å². The molecule has 1 aromatic heterocycles. The standard InChI is InChI=1S/C16H28N2O2S/c1-5-7-9-18(10-8-6-2)11-13-17-14(12(3)4)15(21-13)16(19)20/h12H,5-11H2,1-4H3,(H,19,20). The van der Waals surface area contributed by atoms with Crippen molar-refractivity contribution in [1.29, 1.82) is 0 Å². The maximum Gasteiger partial charge on any atom is 0.347 e. The van der Waals surface area contributed by atoms with Gasteiger partial charge < -0.3 is 5.11 Å². The summed E-state index contributed by atoms with van der Waals surface area (Å²) in [6.07, 6.45) is 4.71. The second-order valence-electron chi connectivity index (χ2n) is 5.77. The number of nitrogens with zero attached hydrogens (tertiary/aromatic N) is 2. The van der Waals surface area contributed by atoms with E-state index in [1.165, 1.54) is 37.0 Å². The zero-order valence-corrected chi connectivity index (χ0v) is 14.5. The number of unbranched alkanes of at least 4 members (excludes halogenated alkanes) is 2. The van der Waals surface area contributed by atoms with Crippen LogP contribution in [0.5, 0.6) is 0 Å². The first-order valence-corrected chi connectivity index (χ1v) is 8.76. The lowest BCUT2D eigenvalue weighted by Gasteiger charge is -2.20. The van der Waals surface area contributed by atoms with Crippen LogP contribution in [0.1, 0.15) is 79.7 Å². The summed E-state index contributed by atoms with van der Waals surface area (Å²) in [5.41, 5.74) is 0.730. The molecule has 4 nitrogen and oxygen atoms in total. The summed E-state index contributed by atoms with van der Waals surface area (Å²) in [5.74, 6) is -0.697. The van der Waals surface area contributed by atoms with E-state index in [2.05, 4.69) is 23.7 Å². The Hall–Kier alpha value is -0.940. The van der Waals surface area contributed by atoms with Gasteiger partial charge in [0.1, 0.15) is 9.88 Å². The predicted molar refractivity (Wildman–Crippen MR) is 88.3 cm³/mol. The van der Waals surface area contributed by atoms with Crippen LogP contribution >= 0.6 is 11.3 Å². The average molecular weight is 312 g/mol. The van der Waals surface area contributed by atoms with E-state index < -0.39 is 5.97 Å². The lowest BCUT2D eigenvalue weighted by atomic mass is 10.1. The molecule has 1 rings (SSSR count). The molecule has 0 atom stereocenters. The molecule has 0 aromatic carbocycles. The molecule has 21 heavy (non-hydrogen) atoms. The summed E-state index contributed by atoms with van der Waals surface area (Å²) in [4.78, 5) is 18.7. The molecule has 120 valence electrons. The Morgan fingerprint density at radius 2 is 1.81 bits per heavy atom. The number of carboxylic acid groups (broad SMARTS) is 1. The topological polar surface area (TPSA) is 53.4 Å². The Morgan fingerprint density at radius 1 is 1.24 bits per heavy atom. The molecule has 0 spiro atoms. The summed E-state index contributed by atoms with van der Waals surface area (Å²) < 4.78 is 0. The summed E-state index contributed by atoms with van der Waals surface area (Å²) in [6, 6.07) is 0. The molecule has 0 fully saturated rings. The molecule has 1 heterocycles. The molecule has 0 radical (unpaired) electrons. The minimum absolute atomic E-state index is 0.154. The van der Waals surface area contributed by atoms with Crippen molar-refractivity contribution in [2.45, 2.75) is 65.8 Å². The van der Waals surface area contributed by atoms with Crippen LogP contribution in [-0.2, 0) is 6.54 Å². The number of carbonyl (C=O) groups is 1. The zero-order valence-electron chi connectivity index (χ0n) is 13.7. The van der Waals surface area contributed by atoms with Crippen LogP contribution in [-0.4, -0.2) is 34.0 Å². The largest absolute Gasteiger partial charge is 0.477 e. The van der Waals surface area contributed by atoms with Crippen LogP contribution in [0.4, 0.5) is 0 Å². The molecule has 0 bridgehead atoms. The molecule has 0 aliphatic rings. The number of aromatic nitrogens is 1. The van der Waals surface area contributed by atoms with Gasteiger partial charge in [-0.25, -0.2) is 9.78 Å². The van der Waals surface area contributed by atoms with Crippen LogP contribution in [0.25, 0.3) is 0 Å². The number of rotatable bonds is 10. The van der Waals surface area contributed by atoms with Crippen LogP contribution in [0.15, 0.2) is 0 Å². The summed E-state index contributed by atoms with van der Waals surface area (Å²) in [6.45, 7) is 11.3. The minimum atomic E-state index is -0.851. The molecule has 0 aliphatic carbocycles. The molecule has 0 saturated carbocycles. The first kappa shape index (κ1) is 18.1. The highest BCUT2D eigenvalue weighted by Gasteiger charge is 2.20. The lowest BCUT2D eigenvalue weighted by molar-refractivity contribution is 0.0700. The van der Waals surface area contributed by atoms with E-state index in [1.54, 1.807) is 0 Å². The predicted octanol–water partition coefficient (Wildman–Crippen LogP) is 4.37. The van der Waals surface area contributed by atoms with Crippen molar-refractivity contribution in [3.8, 4) is 0 Å². The van der Waals surface area contributed by atoms with Crippen molar-refractivity contribution in [3.05, 3.63) is 15.6 Å². The third-order valence-corrected chi connectivity index (χ3v) is 4.50. The summed E-state index contributed by atoms with van der Waals surface area (Å²) in [7, 11) is 0. The summed E-state index contributed by atoms with van der Waals surface area (Å²) >= 11 is 1.34. The fourth-order valence-electron chi connectivity index (χ4n) is 2.21. The quantitative estimate of drug-likeness (QED) is 0.697. The Kier molecular flexibility index (Phi) is 7.89. The van der Waals surface area contributed by atoms with Crippen molar-refractivity contribution < 1.29 is 9.90 Å². The SMILES string of the molecule is CCCCN(CCCC)Cc1nc(C(C)C)c(C(=O)O)s1. The van der Waals surface area contributed by atoms with E-state index in [9.17, 15) is 9.90 Å². The first-order chi connectivity index (χ1) is 9.99. The maximum absolute atomic E-state index is 11.3. The van der Waals surface area contributed by atoms with Crippen molar-refractivity contribution in [2.24, 2.45) is 0 Å². The zero-order chi connectivity index (χ0) is 15.8. The van der Waals surface area contributed by atoms with Gasteiger partial charge in [-0.3, -0.25) is 4.90 Å². The first-order valence-electron chi connectivity index (χ1n) is 7.94. The van der Waals surface area contributed by atoms with E-state index in [0.29, 0.717) is 4.88 Å². The maximum atomic E-state index is 11.3. The molecule has 0 amide bonds. The molecular formula is C16H28N2O2S. The van der Waals surface area contributed by atoms with Gasteiger partial charge >= 0.3 is 5.97 Å². The average Bonchev–Trinajstić information content (AvgIpc) is 2.86. The van der Waals surface area contributed by atoms with E-state index in [4.69, 9.17) is 0 Å². The Morgan fingerprint density at radius 3 is 2.19 bits per heavy atom. The van der Waals surface area contributed by atoms with Gasteiger partial charge in [-0.1, -0.05) is 40.5 Å². The smallest absolute Gasteiger partial charge is 0.347 e. The second kappa shape index (κ2) is 9.15. The van der Waals surface area contributed by atoms with Gasteiger partial charge in [-0.05, 0) is 31.8 Å². The lowest BCUT2D eigenvalue weighted by Crippen LogP contribution is -2.25. The van der Waals surface area contributed by atoms with Gasteiger partial charge in [0.2, 0.25) is 0 Å².